The summed E-state index contributed by atoms with van der Waals surface area (Å²) in [6.45, 7) is 5.85. The molecular weight excluding hydrogens is 470 g/mol. The number of anilines is 2. The number of aromatic nitrogens is 5. The Labute approximate surface area is 207 Å². The van der Waals surface area contributed by atoms with Crippen molar-refractivity contribution in [2.45, 2.75) is 39.1 Å². The normalized spacial score (nSPS) is 18.6. The molecule has 1 aliphatic heterocycles. The smallest absolute Gasteiger partial charge is 0.229 e. The average molecular weight is 498 g/mol. The minimum Gasteiger partial charge on any atom is -0.395 e. The van der Waals surface area contributed by atoms with Crippen LogP contribution >= 0.6 is 11.6 Å². The molecule has 1 saturated heterocycles. The number of benzene rings is 1. The van der Waals surface area contributed by atoms with Crippen LogP contribution in [0.4, 0.5) is 11.6 Å². The predicted octanol–water partition coefficient (Wildman–Crippen LogP) is 2.16. The molecule has 1 aliphatic rings. The number of aliphatic hydroxyl groups is 3. The second-order valence-corrected chi connectivity index (χ2v) is 9.26. The monoisotopic (exact) mass is 497 g/mol. The Kier molecular flexibility index (Phi) is 6.47. The number of aliphatic hydroxyl groups excluding tert-OH is 3. The summed E-state index contributed by atoms with van der Waals surface area (Å²) in [6.07, 6.45) is 2.15. The summed E-state index contributed by atoms with van der Waals surface area (Å²) in [4.78, 5) is 11.0. The highest BCUT2D eigenvalue weighted by Crippen LogP contribution is 2.32. The largest absolute Gasteiger partial charge is 0.395 e. The molecule has 4 N–H and O–H groups in total. The number of nitrogens with one attached hydrogen (secondary N) is 1. The molecule has 0 amide bonds. The fourth-order valence-electron chi connectivity index (χ4n) is 4.56. The van der Waals surface area contributed by atoms with E-state index in [1.807, 2.05) is 47.7 Å². The van der Waals surface area contributed by atoms with E-state index < -0.39 is 12.2 Å². The Hall–Kier alpha value is -3.02. The van der Waals surface area contributed by atoms with E-state index >= 15 is 0 Å². The molecule has 0 radical (unpaired) electrons. The molecule has 1 fully saturated rings. The van der Waals surface area contributed by atoms with Crippen LogP contribution in [-0.2, 0) is 13.1 Å². The molecule has 0 aliphatic carbocycles. The van der Waals surface area contributed by atoms with Crippen molar-refractivity contribution in [3.8, 4) is 5.82 Å². The molecule has 0 spiro atoms. The first-order valence-electron chi connectivity index (χ1n) is 11.5. The van der Waals surface area contributed by atoms with Gasteiger partial charge in [0.2, 0.25) is 5.95 Å². The summed E-state index contributed by atoms with van der Waals surface area (Å²) in [6, 6.07) is 7.62. The third-order valence-corrected chi connectivity index (χ3v) is 6.91. The summed E-state index contributed by atoms with van der Waals surface area (Å²) in [5, 5.41) is 38.4. The van der Waals surface area contributed by atoms with Crippen molar-refractivity contribution < 1.29 is 15.3 Å². The zero-order chi connectivity index (χ0) is 24.7. The minimum absolute atomic E-state index is 0.0398. The SMILES string of the molecule is Cc1nn(-c2ccnc(Nc3ccc4c(c3)c(Cl)c(C)n4CCO)n2)cc1CN1C[C@@H](O)[C@@H](O)C1. The first-order chi connectivity index (χ1) is 16.8. The van der Waals surface area contributed by atoms with E-state index in [2.05, 4.69) is 20.4 Å². The van der Waals surface area contributed by atoms with Crippen LogP contribution in [0.2, 0.25) is 5.02 Å². The number of nitrogens with zero attached hydrogens (tertiary/aromatic N) is 6. The zero-order valence-electron chi connectivity index (χ0n) is 19.6. The lowest BCUT2D eigenvalue weighted by Gasteiger charge is -2.13. The lowest BCUT2D eigenvalue weighted by molar-refractivity contribution is 0.0572. The summed E-state index contributed by atoms with van der Waals surface area (Å²) in [5.41, 5.74) is 4.52. The van der Waals surface area contributed by atoms with Gasteiger partial charge in [0.05, 0.1) is 29.5 Å². The van der Waals surface area contributed by atoms with Gasteiger partial charge in [-0.05, 0) is 32.0 Å². The van der Waals surface area contributed by atoms with Gasteiger partial charge in [0.25, 0.3) is 0 Å². The van der Waals surface area contributed by atoms with Gasteiger partial charge in [-0.15, -0.1) is 0 Å². The van der Waals surface area contributed by atoms with Crippen LogP contribution in [0.15, 0.2) is 36.7 Å². The molecule has 35 heavy (non-hydrogen) atoms. The summed E-state index contributed by atoms with van der Waals surface area (Å²) in [7, 11) is 0. The summed E-state index contributed by atoms with van der Waals surface area (Å²) >= 11 is 6.55. The van der Waals surface area contributed by atoms with Crippen LogP contribution in [0, 0.1) is 13.8 Å². The lowest BCUT2D eigenvalue weighted by atomic mass is 10.2. The topological polar surface area (TPSA) is 124 Å². The molecule has 1 aromatic carbocycles. The summed E-state index contributed by atoms with van der Waals surface area (Å²) in [5.74, 6) is 1.03. The van der Waals surface area contributed by atoms with Crippen LogP contribution in [0.1, 0.15) is 17.0 Å². The molecule has 3 aromatic heterocycles. The Morgan fingerprint density at radius 2 is 1.91 bits per heavy atom. The third-order valence-electron chi connectivity index (χ3n) is 6.43. The molecule has 4 aromatic rings. The molecule has 5 rings (SSSR count). The molecular formula is C24H28ClN7O3. The lowest BCUT2D eigenvalue weighted by Crippen LogP contribution is -2.22. The fraction of sp³-hybridized carbons (Fsp3) is 0.375. The standard InChI is InChI=1S/C24H28ClN7O3/c1-14-16(10-30-12-20(34)21(35)13-30)11-32(29-14)22-5-6-26-24(28-22)27-17-3-4-19-18(9-17)23(25)15(2)31(19)7-8-33/h3-6,9,11,20-21,33-35H,7-8,10,12-13H2,1-2H3,(H,26,27,28)/t20-,21+. The second-order valence-electron chi connectivity index (χ2n) is 8.88. The van der Waals surface area contributed by atoms with Crippen LogP contribution in [-0.4, -0.2) is 76.4 Å². The van der Waals surface area contributed by atoms with Gasteiger partial charge in [-0.25, -0.2) is 9.67 Å². The number of aryl methyl sites for hydroxylation is 1. The highest BCUT2D eigenvalue weighted by Gasteiger charge is 2.30. The average Bonchev–Trinajstić information content (AvgIpc) is 3.44. The maximum Gasteiger partial charge on any atom is 0.229 e. The van der Waals surface area contributed by atoms with Gasteiger partial charge >= 0.3 is 0 Å². The van der Waals surface area contributed by atoms with E-state index in [9.17, 15) is 15.3 Å². The van der Waals surface area contributed by atoms with Crippen molar-refractivity contribution in [2.75, 3.05) is 25.0 Å². The number of fused-ring (bicyclic) bond motifs is 1. The fourth-order valence-corrected chi connectivity index (χ4v) is 4.81. The number of hydrogen-bond donors (Lipinski definition) is 4. The molecule has 0 bridgehead atoms. The van der Waals surface area contributed by atoms with Gasteiger partial charge in [-0.3, -0.25) is 4.90 Å². The van der Waals surface area contributed by atoms with Crippen LogP contribution in [0.3, 0.4) is 0 Å². The highest BCUT2D eigenvalue weighted by molar-refractivity contribution is 6.36. The minimum atomic E-state index is -0.716. The van der Waals surface area contributed by atoms with E-state index in [4.69, 9.17) is 11.6 Å². The van der Waals surface area contributed by atoms with Gasteiger partial charge in [0.1, 0.15) is 0 Å². The Bertz CT molecular complexity index is 1360. The van der Waals surface area contributed by atoms with E-state index in [0.717, 1.165) is 33.5 Å². The quantitative estimate of drug-likeness (QED) is 0.306. The van der Waals surface area contributed by atoms with Crippen molar-refractivity contribution in [2.24, 2.45) is 0 Å². The molecule has 2 atom stereocenters. The van der Waals surface area contributed by atoms with Gasteiger partial charge in [0, 0.05) is 72.5 Å². The maximum absolute atomic E-state index is 9.81. The Morgan fingerprint density at radius 1 is 1.14 bits per heavy atom. The van der Waals surface area contributed by atoms with Gasteiger partial charge in [-0.1, -0.05) is 11.6 Å². The van der Waals surface area contributed by atoms with E-state index in [-0.39, 0.29) is 6.61 Å². The van der Waals surface area contributed by atoms with Crippen LogP contribution in [0.25, 0.3) is 16.7 Å². The molecule has 184 valence electrons. The van der Waals surface area contributed by atoms with Crippen LogP contribution < -0.4 is 5.32 Å². The van der Waals surface area contributed by atoms with Gasteiger partial charge in [-0.2, -0.15) is 10.1 Å². The van der Waals surface area contributed by atoms with Crippen molar-refractivity contribution in [1.29, 1.82) is 0 Å². The predicted molar refractivity (Wildman–Crippen MR) is 133 cm³/mol. The number of likely N-dealkylation sites (tertiary alicyclic amines) is 1. The van der Waals surface area contributed by atoms with Gasteiger partial charge in [0.15, 0.2) is 5.82 Å². The van der Waals surface area contributed by atoms with Crippen LogP contribution in [0.5, 0.6) is 0 Å². The summed E-state index contributed by atoms with van der Waals surface area (Å²) < 4.78 is 3.71. The number of halogens is 1. The van der Waals surface area contributed by atoms with E-state index in [1.165, 1.54) is 0 Å². The molecule has 4 heterocycles. The number of β-amino-alcohol motifs (C(OH)–C–C–N with tert-alkyl or cyclic N) is 2. The first-order valence-corrected chi connectivity index (χ1v) is 11.8. The Balaban J connectivity index is 1.36. The molecule has 10 nitrogen and oxygen atoms in total. The second kappa shape index (κ2) is 9.56. The van der Waals surface area contributed by atoms with E-state index in [0.29, 0.717) is 43.0 Å². The molecule has 11 heteroatoms. The third kappa shape index (κ3) is 4.63. The van der Waals surface area contributed by atoms with Crippen molar-refractivity contribution >= 4 is 34.1 Å². The van der Waals surface area contributed by atoms with Gasteiger partial charge < -0.3 is 25.2 Å². The zero-order valence-corrected chi connectivity index (χ0v) is 20.3. The highest BCUT2D eigenvalue weighted by atomic mass is 35.5. The maximum atomic E-state index is 9.81. The number of rotatable bonds is 7. The van der Waals surface area contributed by atoms with E-state index in [1.54, 1.807) is 16.9 Å². The first kappa shape index (κ1) is 23.7. The van der Waals surface area contributed by atoms with Crippen molar-refractivity contribution in [3.63, 3.8) is 0 Å². The van der Waals surface area contributed by atoms with Crippen molar-refractivity contribution in [3.05, 3.63) is 58.6 Å². The van der Waals surface area contributed by atoms with Crippen molar-refractivity contribution in [1.82, 2.24) is 29.2 Å². The number of hydrogen-bond acceptors (Lipinski definition) is 8. The molecule has 0 unspecified atom stereocenters. The Morgan fingerprint density at radius 3 is 2.66 bits per heavy atom. The molecule has 0 saturated carbocycles.